The van der Waals surface area contributed by atoms with Gasteiger partial charge < -0.3 is 28.5 Å². The summed E-state index contributed by atoms with van der Waals surface area (Å²) in [6.07, 6.45) is 0.745. The van der Waals surface area contributed by atoms with Crippen molar-refractivity contribution < 1.29 is 28.5 Å². The predicted molar refractivity (Wildman–Crippen MR) is 97.2 cm³/mol. The molecule has 3 rings (SSSR count). The standard InChI is InChI=1S/C19H23NO6/c1-19(2,24-5)14(21)10-26-13-7-6-11-15(17(13)23-4)20-18-12(8-9-25-18)16(11)22-3/h6-9,14,21H,10H2,1-5H3/t14-/m0/s1. The Hall–Kier alpha value is -2.51. The molecule has 1 N–H and O–H groups in total. The van der Waals surface area contributed by atoms with E-state index in [2.05, 4.69) is 4.98 Å². The van der Waals surface area contributed by atoms with E-state index in [9.17, 15) is 5.11 Å². The number of nitrogens with zero attached hydrogens (tertiary/aromatic N) is 1. The molecule has 0 spiro atoms. The van der Waals surface area contributed by atoms with E-state index in [-0.39, 0.29) is 6.61 Å². The minimum atomic E-state index is -0.817. The van der Waals surface area contributed by atoms with Crippen LogP contribution in [0.1, 0.15) is 13.8 Å². The van der Waals surface area contributed by atoms with Gasteiger partial charge in [0.2, 0.25) is 5.71 Å². The summed E-state index contributed by atoms with van der Waals surface area (Å²) in [5.41, 5.74) is 0.279. The van der Waals surface area contributed by atoms with Crippen LogP contribution in [0, 0.1) is 0 Å². The van der Waals surface area contributed by atoms with Crippen molar-refractivity contribution in [2.24, 2.45) is 0 Å². The van der Waals surface area contributed by atoms with Gasteiger partial charge >= 0.3 is 0 Å². The highest BCUT2D eigenvalue weighted by Gasteiger charge is 2.28. The average Bonchev–Trinajstić information content (AvgIpc) is 3.11. The van der Waals surface area contributed by atoms with Crippen LogP contribution in [0.3, 0.4) is 0 Å². The van der Waals surface area contributed by atoms with E-state index in [1.165, 1.54) is 7.11 Å². The highest BCUT2D eigenvalue weighted by Crippen LogP contribution is 2.41. The number of ether oxygens (including phenoxy) is 4. The first-order valence-electron chi connectivity index (χ1n) is 8.20. The maximum Gasteiger partial charge on any atom is 0.230 e. The molecular weight excluding hydrogens is 338 g/mol. The summed E-state index contributed by atoms with van der Waals surface area (Å²) in [6.45, 7) is 3.63. The summed E-state index contributed by atoms with van der Waals surface area (Å²) < 4.78 is 27.6. The van der Waals surface area contributed by atoms with Gasteiger partial charge in [-0.25, -0.2) is 4.98 Å². The fourth-order valence-electron chi connectivity index (χ4n) is 2.69. The summed E-state index contributed by atoms with van der Waals surface area (Å²) in [4.78, 5) is 4.53. The van der Waals surface area contributed by atoms with E-state index in [0.717, 1.165) is 10.8 Å². The van der Waals surface area contributed by atoms with Gasteiger partial charge in [0.25, 0.3) is 0 Å². The van der Waals surface area contributed by atoms with Crippen molar-refractivity contribution in [2.75, 3.05) is 27.9 Å². The molecule has 0 aliphatic carbocycles. The van der Waals surface area contributed by atoms with E-state index in [1.807, 2.05) is 6.07 Å². The van der Waals surface area contributed by atoms with Crippen LogP contribution in [0.2, 0.25) is 0 Å². The van der Waals surface area contributed by atoms with E-state index >= 15 is 0 Å². The van der Waals surface area contributed by atoms with Crippen molar-refractivity contribution in [1.29, 1.82) is 0 Å². The van der Waals surface area contributed by atoms with Gasteiger partial charge in [0.05, 0.1) is 31.5 Å². The monoisotopic (exact) mass is 361 g/mol. The fourth-order valence-corrected chi connectivity index (χ4v) is 2.69. The first-order valence-corrected chi connectivity index (χ1v) is 8.20. The first-order chi connectivity index (χ1) is 12.4. The largest absolute Gasteiger partial charge is 0.495 e. The minimum absolute atomic E-state index is 0.0445. The van der Waals surface area contributed by atoms with Crippen molar-refractivity contribution in [3.8, 4) is 17.2 Å². The van der Waals surface area contributed by atoms with E-state index in [4.69, 9.17) is 23.4 Å². The summed E-state index contributed by atoms with van der Waals surface area (Å²) in [5.74, 6) is 1.57. The fraction of sp³-hybridized carbons (Fsp3) is 0.421. The first kappa shape index (κ1) is 18.3. The summed E-state index contributed by atoms with van der Waals surface area (Å²) >= 11 is 0. The lowest BCUT2D eigenvalue weighted by atomic mass is 10.0. The third kappa shape index (κ3) is 3.04. The van der Waals surface area contributed by atoms with Crippen molar-refractivity contribution in [1.82, 2.24) is 4.98 Å². The minimum Gasteiger partial charge on any atom is -0.495 e. The molecule has 0 aliphatic heterocycles. The second kappa shape index (κ2) is 7.01. The van der Waals surface area contributed by atoms with Crippen LogP contribution >= 0.6 is 0 Å². The van der Waals surface area contributed by atoms with Gasteiger partial charge in [-0.05, 0) is 32.0 Å². The maximum atomic E-state index is 10.3. The number of aliphatic hydroxyl groups is 1. The lowest BCUT2D eigenvalue weighted by molar-refractivity contribution is -0.0916. The Morgan fingerprint density at radius 2 is 1.81 bits per heavy atom. The zero-order valence-corrected chi connectivity index (χ0v) is 15.5. The molecule has 0 bridgehead atoms. The normalized spacial score (nSPS) is 13.2. The number of aromatic nitrogens is 1. The summed E-state index contributed by atoms with van der Waals surface area (Å²) in [6, 6.07) is 5.42. The summed E-state index contributed by atoms with van der Waals surface area (Å²) in [5, 5.41) is 11.8. The predicted octanol–water partition coefficient (Wildman–Crippen LogP) is 3.16. The molecule has 7 heteroatoms. The molecule has 7 nitrogen and oxygen atoms in total. The van der Waals surface area contributed by atoms with Gasteiger partial charge in [-0.15, -0.1) is 0 Å². The zero-order chi connectivity index (χ0) is 18.9. The SMILES string of the molecule is COc1c2ccoc2nc2c(OC)c(OC[C@H](O)C(C)(C)OC)ccc12. The number of rotatable bonds is 7. The van der Waals surface area contributed by atoms with E-state index in [0.29, 0.717) is 28.5 Å². The molecule has 2 aromatic heterocycles. The smallest absolute Gasteiger partial charge is 0.230 e. The second-order valence-corrected chi connectivity index (χ2v) is 6.41. The van der Waals surface area contributed by atoms with Gasteiger partial charge in [0.15, 0.2) is 11.5 Å². The molecule has 1 aromatic carbocycles. The molecule has 0 fully saturated rings. The van der Waals surface area contributed by atoms with Crippen molar-refractivity contribution in [2.45, 2.75) is 25.6 Å². The number of aliphatic hydroxyl groups excluding tert-OH is 1. The number of fused-ring (bicyclic) bond motifs is 2. The van der Waals surface area contributed by atoms with Crippen LogP contribution in [-0.2, 0) is 4.74 Å². The Morgan fingerprint density at radius 1 is 1.08 bits per heavy atom. The highest BCUT2D eigenvalue weighted by molar-refractivity contribution is 6.02. The van der Waals surface area contributed by atoms with E-state index < -0.39 is 11.7 Å². The topological polar surface area (TPSA) is 83.2 Å². The van der Waals surface area contributed by atoms with Crippen LogP contribution in [0.5, 0.6) is 17.2 Å². The highest BCUT2D eigenvalue weighted by atomic mass is 16.5. The van der Waals surface area contributed by atoms with Crippen LogP contribution in [0.15, 0.2) is 28.9 Å². The molecule has 0 saturated carbocycles. The van der Waals surface area contributed by atoms with Crippen LogP contribution in [0.4, 0.5) is 0 Å². The molecular formula is C19H23NO6. The Kier molecular flexibility index (Phi) is 4.93. The molecule has 0 aliphatic rings. The second-order valence-electron chi connectivity index (χ2n) is 6.41. The third-order valence-electron chi connectivity index (χ3n) is 4.58. The molecule has 0 radical (unpaired) electrons. The molecule has 2 heterocycles. The molecule has 26 heavy (non-hydrogen) atoms. The summed E-state index contributed by atoms with van der Waals surface area (Å²) in [7, 11) is 4.68. The number of hydrogen-bond donors (Lipinski definition) is 1. The van der Waals surface area contributed by atoms with Crippen LogP contribution in [0.25, 0.3) is 22.0 Å². The van der Waals surface area contributed by atoms with Gasteiger partial charge in [-0.1, -0.05) is 0 Å². The molecule has 140 valence electrons. The molecule has 1 atom stereocenters. The third-order valence-corrected chi connectivity index (χ3v) is 4.58. The number of furan rings is 1. The number of benzene rings is 1. The lowest BCUT2D eigenvalue weighted by Crippen LogP contribution is -2.42. The van der Waals surface area contributed by atoms with Crippen molar-refractivity contribution in [3.63, 3.8) is 0 Å². The van der Waals surface area contributed by atoms with Gasteiger partial charge in [0, 0.05) is 12.5 Å². The van der Waals surface area contributed by atoms with Crippen molar-refractivity contribution >= 4 is 22.0 Å². The quantitative estimate of drug-likeness (QED) is 0.692. The molecule has 0 saturated heterocycles. The average molecular weight is 361 g/mol. The van der Waals surface area contributed by atoms with Gasteiger partial charge in [-0.3, -0.25) is 0 Å². The van der Waals surface area contributed by atoms with Crippen LogP contribution in [-0.4, -0.2) is 49.7 Å². The number of hydrogen-bond acceptors (Lipinski definition) is 7. The van der Waals surface area contributed by atoms with Gasteiger partial charge in [-0.2, -0.15) is 0 Å². The number of methoxy groups -OCH3 is 3. The Morgan fingerprint density at radius 3 is 2.46 bits per heavy atom. The maximum absolute atomic E-state index is 10.3. The van der Waals surface area contributed by atoms with Crippen LogP contribution < -0.4 is 14.2 Å². The Bertz CT molecular complexity index is 917. The lowest BCUT2D eigenvalue weighted by Gasteiger charge is -2.29. The molecule has 0 unspecified atom stereocenters. The van der Waals surface area contributed by atoms with Crippen molar-refractivity contribution in [3.05, 3.63) is 24.5 Å². The Balaban J connectivity index is 2.03. The van der Waals surface area contributed by atoms with Gasteiger partial charge in [0.1, 0.15) is 24.0 Å². The molecule has 3 aromatic rings. The Labute approximate surface area is 151 Å². The van der Waals surface area contributed by atoms with E-state index in [1.54, 1.807) is 46.5 Å². The molecule has 0 amide bonds. The number of pyridine rings is 1. The zero-order valence-electron chi connectivity index (χ0n) is 15.5.